The van der Waals surface area contributed by atoms with Crippen LogP contribution in [0.25, 0.3) is 17.1 Å². The van der Waals surface area contributed by atoms with E-state index in [1.54, 1.807) is 18.3 Å². The van der Waals surface area contributed by atoms with Crippen LogP contribution in [0.4, 0.5) is 0 Å². The van der Waals surface area contributed by atoms with Gasteiger partial charge in [0.1, 0.15) is 0 Å². The van der Waals surface area contributed by atoms with Crippen LogP contribution in [-0.2, 0) is 14.3 Å². The number of amides is 1. The van der Waals surface area contributed by atoms with Crippen molar-refractivity contribution in [2.24, 2.45) is 0 Å². The van der Waals surface area contributed by atoms with Crippen LogP contribution in [0.5, 0.6) is 0 Å². The van der Waals surface area contributed by atoms with E-state index in [1.807, 2.05) is 29.2 Å². The number of nitrogens with zero attached hydrogens (tertiary/aromatic N) is 3. The topological polar surface area (TPSA) is 64.6 Å². The lowest BCUT2D eigenvalue weighted by molar-refractivity contribution is -0.186. The fraction of sp³-hybridized carbons (Fsp3) is 0.389. The number of hydrogen-bond donors (Lipinski definition) is 0. The number of hydrogen-bond acceptors (Lipinski definition) is 5. The first-order chi connectivity index (χ1) is 11.7. The van der Waals surface area contributed by atoms with Gasteiger partial charge in [-0.25, -0.2) is 4.98 Å². The maximum absolute atomic E-state index is 12.3. The zero-order valence-corrected chi connectivity index (χ0v) is 13.4. The molecule has 0 saturated carbocycles. The minimum absolute atomic E-state index is 0.0159. The number of para-hydroxylation sites is 2. The fourth-order valence-electron chi connectivity index (χ4n) is 3.17. The molecule has 0 atom stereocenters. The molecule has 3 heterocycles. The monoisotopic (exact) mass is 325 g/mol. The third kappa shape index (κ3) is 3.02. The van der Waals surface area contributed by atoms with Crippen molar-refractivity contribution in [2.45, 2.75) is 18.6 Å². The highest BCUT2D eigenvalue weighted by Gasteiger charge is 2.40. The summed E-state index contributed by atoms with van der Waals surface area (Å²) in [6.45, 7) is 2.59. The highest BCUT2D eigenvalue weighted by atomic mass is 16.7. The lowest BCUT2D eigenvalue weighted by Gasteiger charge is -2.37. The first-order valence-electron chi connectivity index (χ1n) is 8.21. The van der Waals surface area contributed by atoms with Gasteiger partial charge in [-0.1, -0.05) is 12.1 Å². The van der Waals surface area contributed by atoms with Gasteiger partial charge in [-0.2, -0.15) is 0 Å². The van der Waals surface area contributed by atoms with Crippen LogP contribution in [0.2, 0.25) is 0 Å². The average Bonchev–Trinajstić information content (AvgIpc) is 3.08. The second kappa shape index (κ2) is 6.30. The zero-order valence-electron chi connectivity index (χ0n) is 13.4. The average molecular weight is 325 g/mol. The molecule has 0 N–H and O–H groups in total. The van der Waals surface area contributed by atoms with Crippen molar-refractivity contribution >= 4 is 23.0 Å². The van der Waals surface area contributed by atoms with Gasteiger partial charge in [0.2, 0.25) is 5.91 Å². The summed E-state index contributed by atoms with van der Waals surface area (Å²) < 4.78 is 11.4. The second-order valence-corrected chi connectivity index (χ2v) is 6.05. The largest absolute Gasteiger partial charge is 0.347 e. The van der Waals surface area contributed by atoms with Crippen LogP contribution < -0.4 is 0 Å². The number of ether oxygens (including phenoxy) is 2. The first-order valence-corrected chi connectivity index (χ1v) is 8.21. The predicted octanol–water partition coefficient (Wildman–Crippen LogP) is 2.01. The zero-order chi connectivity index (χ0) is 16.4. The Labute approximate surface area is 140 Å². The number of piperidine rings is 1. The van der Waals surface area contributed by atoms with E-state index in [0.29, 0.717) is 32.0 Å². The summed E-state index contributed by atoms with van der Waals surface area (Å²) in [7, 11) is 0. The van der Waals surface area contributed by atoms with Gasteiger partial charge in [0.05, 0.1) is 36.1 Å². The minimum Gasteiger partial charge on any atom is -0.347 e. The van der Waals surface area contributed by atoms with E-state index < -0.39 is 5.79 Å². The molecule has 2 saturated heterocycles. The molecule has 1 aromatic heterocycles. The van der Waals surface area contributed by atoms with Gasteiger partial charge in [0, 0.05) is 32.0 Å². The second-order valence-electron chi connectivity index (χ2n) is 6.05. The molecular weight excluding hydrogens is 306 g/mol. The molecule has 124 valence electrons. The van der Waals surface area contributed by atoms with Crippen molar-refractivity contribution in [1.29, 1.82) is 0 Å². The van der Waals surface area contributed by atoms with E-state index in [2.05, 4.69) is 9.97 Å². The van der Waals surface area contributed by atoms with Crippen molar-refractivity contribution in [3.63, 3.8) is 0 Å². The van der Waals surface area contributed by atoms with E-state index in [1.165, 1.54) is 0 Å². The highest BCUT2D eigenvalue weighted by molar-refractivity contribution is 5.91. The fourth-order valence-corrected chi connectivity index (χ4v) is 3.17. The molecule has 2 aromatic rings. The Bertz CT molecular complexity index is 774. The Balaban J connectivity index is 1.40. The summed E-state index contributed by atoms with van der Waals surface area (Å²) in [4.78, 5) is 23.0. The van der Waals surface area contributed by atoms with Crippen LogP contribution >= 0.6 is 0 Å². The molecule has 6 nitrogen and oxygen atoms in total. The highest BCUT2D eigenvalue weighted by Crippen LogP contribution is 2.31. The van der Waals surface area contributed by atoms with Gasteiger partial charge in [0.25, 0.3) is 0 Å². The molecule has 24 heavy (non-hydrogen) atoms. The molecule has 0 aliphatic carbocycles. The quantitative estimate of drug-likeness (QED) is 0.790. The van der Waals surface area contributed by atoms with Crippen LogP contribution in [0.1, 0.15) is 18.5 Å². The summed E-state index contributed by atoms with van der Waals surface area (Å²) in [5.74, 6) is -0.470. The van der Waals surface area contributed by atoms with Gasteiger partial charge in [-0.05, 0) is 18.2 Å². The molecule has 2 aliphatic rings. The van der Waals surface area contributed by atoms with Gasteiger partial charge < -0.3 is 14.4 Å². The number of fused-ring (bicyclic) bond motifs is 1. The van der Waals surface area contributed by atoms with Crippen molar-refractivity contribution in [3.8, 4) is 0 Å². The van der Waals surface area contributed by atoms with Crippen LogP contribution in [-0.4, -0.2) is 52.9 Å². The van der Waals surface area contributed by atoms with Gasteiger partial charge in [0.15, 0.2) is 5.79 Å². The number of rotatable bonds is 2. The van der Waals surface area contributed by atoms with Crippen LogP contribution in [0, 0.1) is 0 Å². The molecular formula is C18H19N3O3. The summed E-state index contributed by atoms with van der Waals surface area (Å²) >= 11 is 0. The molecule has 1 amide bonds. The Morgan fingerprint density at radius 3 is 2.58 bits per heavy atom. The molecule has 0 radical (unpaired) electrons. The van der Waals surface area contributed by atoms with Crippen molar-refractivity contribution in [1.82, 2.24) is 14.9 Å². The third-order valence-electron chi connectivity index (χ3n) is 4.51. The van der Waals surface area contributed by atoms with Crippen molar-refractivity contribution < 1.29 is 14.3 Å². The normalized spacial score (nSPS) is 20.2. The van der Waals surface area contributed by atoms with E-state index >= 15 is 0 Å². The minimum atomic E-state index is -0.454. The molecule has 4 rings (SSSR count). The third-order valence-corrected chi connectivity index (χ3v) is 4.51. The van der Waals surface area contributed by atoms with E-state index in [9.17, 15) is 4.79 Å². The molecule has 2 aliphatic heterocycles. The Morgan fingerprint density at radius 2 is 1.83 bits per heavy atom. The number of benzene rings is 1. The summed E-state index contributed by atoms with van der Waals surface area (Å²) in [6.07, 6.45) is 6.41. The maximum atomic E-state index is 12.3. The van der Waals surface area contributed by atoms with Crippen molar-refractivity contribution in [3.05, 3.63) is 42.2 Å². The number of carbonyl (C=O) groups excluding carboxylic acids is 1. The molecule has 0 unspecified atom stereocenters. The lowest BCUT2D eigenvalue weighted by atomic mass is 10.0. The smallest absolute Gasteiger partial charge is 0.246 e. The SMILES string of the molecule is O=C(/C=C/c1cnc2ccccc2n1)N1CCC2(CC1)OCCO2. The lowest BCUT2D eigenvalue weighted by Crippen LogP contribution is -2.46. The molecule has 2 fully saturated rings. The predicted molar refractivity (Wildman–Crippen MR) is 89.0 cm³/mol. The molecule has 1 spiro atoms. The molecule has 0 bridgehead atoms. The summed E-state index contributed by atoms with van der Waals surface area (Å²) in [6, 6.07) is 7.67. The Kier molecular flexibility index (Phi) is 4.00. The van der Waals surface area contributed by atoms with Gasteiger partial charge in [-0.15, -0.1) is 0 Å². The summed E-state index contributed by atoms with van der Waals surface area (Å²) in [5.41, 5.74) is 2.35. The number of carbonyl (C=O) groups is 1. The molecule has 6 heteroatoms. The van der Waals surface area contributed by atoms with E-state index in [0.717, 1.165) is 23.9 Å². The first kappa shape index (κ1) is 15.2. The number of likely N-dealkylation sites (tertiary alicyclic amines) is 1. The number of aromatic nitrogens is 2. The Morgan fingerprint density at radius 1 is 1.12 bits per heavy atom. The summed E-state index contributed by atoms with van der Waals surface area (Å²) in [5, 5.41) is 0. The Hall–Kier alpha value is -2.31. The van der Waals surface area contributed by atoms with Crippen LogP contribution in [0.15, 0.2) is 36.5 Å². The van der Waals surface area contributed by atoms with Gasteiger partial charge in [-0.3, -0.25) is 9.78 Å². The van der Waals surface area contributed by atoms with Gasteiger partial charge >= 0.3 is 0 Å². The van der Waals surface area contributed by atoms with Crippen LogP contribution in [0.3, 0.4) is 0 Å². The maximum Gasteiger partial charge on any atom is 0.246 e. The standard InChI is InChI=1S/C18H19N3O3/c22-17(21-9-7-18(8-10-21)23-11-12-24-18)6-5-14-13-19-15-3-1-2-4-16(15)20-14/h1-6,13H,7-12H2/b6-5+. The van der Waals surface area contributed by atoms with E-state index in [4.69, 9.17) is 9.47 Å². The van der Waals surface area contributed by atoms with Crippen molar-refractivity contribution in [2.75, 3.05) is 26.3 Å². The van der Waals surface area contributed by atoms with E-state index in [-0.39, 0.29) is 5.91 Å². The molecule has 1 aromatic carbocycles.